The Morgan fingerprint density at radius 3 is 2.79 bits per heavy atom. The molecule has 0 bridgehead atoms. The Hall–Kier alpha value is -1.19. The van der Waals surface area contributed by atoms with E-state index in [1.807, 2.05) is 24.0 Å². The van der Waals surface area contributed by atoms with E-state index in [0.717, 1.165) is 11.4 Å². The highest BCUT2D eigenvalue weighted by atomic mass is 19.3. The first kappa shape index (κ1) is 9.37. The van der Waals surface area contributed by atoms with Gasteiger partial charge in [-0.2, -0.15) is 0 Å². The van der Waals surface area contributed by atoms with Crippen molar-refractivity contribution in [3.05, 3.63) is 23.9 Å². The first-order chi connectivity index (χ1) is 6.66. The van der Waals surface area contributed by atoms with E-state index in [-0.39, 0.29) is 0 Å². The highest BCUT2D eigenvalue weighted by Gasteiger charge is 2.34. The SMILES string of the molecule is Cc1ccnc(N2CC(C(F)F)C2)c1. The van der Waals surface area contributed by atoms with Crippen LogP contribution in [0.1, 0.15) is 5.56 Å². The number of aromatic nitrogens is 1. The van der Waals surface area contributed by atoms with Crippen LogP contribution in [0.25, 0.3) is 0 Å². The maximum absolute atomic E-state index is 12.2. The van der Waals surface area contributed by atoms with Crippen LogP contribution in [0.2, 0.25) is 0 Å². The summed E-state index contributed by atoms with van der Waals surface area (Å²) >= 11 is 0. The standard InChI is InChI=1S/C10H12F2N2/c1-7-2-3-13-9(4-7)14-5-8(6-14)10(11)12/h2-4,8,10H,5-6H2,1H3. The summed E-state index contributed by atoms with van der Waals surface area (Å²) in [6.45, 7) is 2.82. The molecule has 2 rings (SSSR count). The maximum atomic E-state index is 12.2. The fourth-order valence-electron chi connectivity index (χ4n) is 1.55. The molecule has 0 radical (unpaired) electrons. The Morgan fingerprint density at radius 2 is 2.21 bits per heavy atom. The van der Waals surface area contributed by atoms with Gasteiger partial charge in [0.25, 0.3) is 0 Å². The summed E-state index contributed by atoms with van der Waals surface area (Å²) in [4.78, 5) is 6.02. The van der Waals surface area contributed by atoms with E-state index in [2.05, 4.69) is 4.98 Å². The average Bonchev–Trinajstić information content (AvgIpc) is 2.00. The molecule has 1 aliphatic rings. The molecule has 1 aliphatic heterocycles. The molecule has 76 valence electrons. The molecule has 1 aromatic rings. The van der Waals surface area contributed by atoms with Crippen molar-refractivity contribution in [2.45, 2.75) is 13.3 Å². The molecule has 0 aliphatic carbocycles. The van der Waals surface area contributed by atoms with Crippen molar-refractivity contribution in [2.24, 2.45) is 5.92 Å². The molecule has 1 fully saturated rings. The lowest BCUT2D eigenvalue weighted by atomic mass is 10.0. The summed E-state index contributed by atoms with van der Waals surface area (Å²) in [7, 11) is 0. The van der Waals surface area contributed by atoms with E-state index in [4.69, 9.17) is 0 Å². The molecule has 4 heteroatoms. The van der Waals surface area contributed by atoms with Gasteiger partial charge in [-0.15, -0.1) is 0 Å². The highest BCUT2D eigenvalue weighted by Crippen LogP contribution is 2.27. The van der Waals surface area contributed by atoms with Gasteiger partial charge in [0, 0.05) is 19.3 Å². The number of rotatable bonds is 2. The van der Waals surface area contributed by atoms with Gasteiger partial charge in [-0.1, -0.05) is 0 Å². The Balaban J connectivity index is 2.00. The topological polar surface area (TPSA) is 16.1 Å². The number of hydrogen-bond acceptors (Lipinski definition) is 2. The molecule has 1 saturated heterocycles. The van der Waals surface area contributed by atoms with E-state index in [0.29, 0.717) is 13.1 Å². The maximum Gasteiger partial charge on any atom is 0.244 e. The third kappa shape index (κ3) is 1.69. The lowest BCUT2D eigenvalue weighted by molar-refractivity contribution is 0.0611. The Bertz CT molecular complexity index is 322. The van der Waals surface area contributed by atoms with Crippen LogP contribution in [0.4, 0.5) is 14.6 Å². The van der Waals surface area contributed by atoms with Gasteiger partial charge in [0.2, 0.25) is 6.43 Å². The van der Waals surface area contributed by atoms with E-state index in [1.54, 1.807) is 6.20 Å². The second kappa shape index (κ2) is 3.52. The smallest absolute Gasteiger partial charge is 0.244 e. The van der Waals surface area contributed by atoms with Crippen molar-refractivity contribution in [1.29, 1.82) is 0 Å². The van der Waals surface area contributed by atoms with Crippen molar-refractivity contribution < 1.29 is 8.78 Å². The van der Waals surface area contributed by atoms with Crippen molar-refractivity contribution in [3.8, 4) is 0 Å². The number of alkyl halides is 2. The third-order valence-electron chi connectivity index (χ3n) is 2.49. The van der Waals surface area contributed by atoms with Crippen LogP contribution < -0.4 is 4.90 Å². The zero-order valence-corrected chi connectivity index (χ0v) is 7.95. The molecule has 0 aromatic carbocycles. The van der Waals surface area contributed by atoms with Gasteiger partial charge in [-0.3, -0.25) is 0 Å². The molecule has 2 nitrogen and oxygen atoms in total. The average molecular weight is 198 g/mol. The summed E-state index contributed by atoms with van der Waals surface area (Å²) in [6.07, 6.45) is -0.489. The molecule has 0 saturated carbocycles. The van der Waals surface area contributed by atoms with Gasteiger partial charge in [-0.25, -0.2) is 13.8 Å². The molecule has 1 aromatic heterocycles. The lowest BCUT2D eigenvalue weighted by Gasteiger charge is -2.39. The Labute approximate surface area is 81.6 Å². The molecule has 0 unspecified atom stereocenters. The van der Waals surface area contributed by atoms with Crippen LogP contribution in [0.5, 0.6) is 0 Å². The number of pyridine rings is 1. The number of halogens is 2. The summed E-state index contributed by atoms with van der Waals surface area (Å²) in [6, 6.07) is 3.82. The zero-order chi connectivity index (χ0) is 10.1. The molecule has 0 atom stereocenters. The van der Waals surface area contributed by atoms with Gasteiger partial charge >= 0.3 is 0 Å². The number of nitrogens with zero attached hydrogens (tertiary/aromatic N) is 2. The summed E-state index contributed by atoms with van der Waals surface area (Å²) < 4.78 is 24.4. The minimum absolute atomic E-state index is 0.425. The first-order valence-corrected chi connectivity index (χ1v) is 4.62. The normalized spacial score (nSPS) is 17.3. The van der Waals surface area contributed by atoms with Crippen molar-refractivity contribution in [3.63, 3.8) is 0 Å². The van der Waals surface area contributed by atoms with Gasteiger partial charge in [0.1, 0.15) is 5.82 Å². The van der Waals surface area contributed by atoms with Crippen LogP contribution in [0.3, 0.4) is 0 Å². The van der Waals surface area contributed by atoms with Crippen molar-refractivity contribution in [1.82, 2.24) is 4.98 Å². The lowest BCUT2D eigenvalue weighted by Crippen LogP contribution is -2.50. The van der Waals surface area contributed by atoms with E-state index >= 15 is 0 Å². The predicted octanol–water partition coefficient (Wildman–Crippen LogP) is 2.09. The highest BCUT2D eigenvalue weighted by molar-refractivity contribution is 5.43. The minimum Gasteiger partial charge on any atom is -0.355 e. The molecule has 2 heterocycles. The number of hydrogen-bond donors (Lipinski definition) is 0. The zero-order valence-electron chi connectivity index (χ0n) is 7.95. The second-order valence-corrected chi connectivity index (χ2v) is 3.69. The van der Waals surface area contributed by atoms with E-state index in [1.165, 1.54) is 0 Å². The fourth-order valence-corrected chi connectivity index (χ4v) is 1.55. The van der Waals surface area contributed by atoms with Gasteiger partial charge in [0.05, 0.1) is 5.92 Å². The molecular weight excluding hydrogens is 186 g/mol. The minimum atomic E-state index is -2.20. The molecule has 0 spiro atoms. The van der Waals surface area contributed by atoms with Gasteiger partial charge in [0.15, 0.2) is 0 Å². The molecule has 0 N–H and O–H groups in total. The van der Waals surface area contributed by atoms with Crippen LogP contribution in [-0.4, -0.2) is 24.5 Å². The Kier molecular flexibility index (Phi) is 2.35. The predicted molar refractivity (Wildman–Crippen MR) is 50.7 cm³/mol. The van der Waals surface area contributed by atoms with Crippen LogP contribution >= 0.6 is 0 Å². The van der Waals surface area contributed by atoms with Crippen LogP contribution in [-0.2, 0) is 0 Å². The fraction of sp³-hybridized carbons (Fsp3) is 0.500. The molecular formula is C10H12F2N2. The molecule has 0 amide bonds. The van der Waals surface area contributed by atoms with E-state index in [9.17, 15) is 8.78 Å². The third-order valence-corrected chi connectivity index (χ3v) is 2.49. The van der Waals surface area contributed by atoms with E-state index < -0.39 is 12.3 Å². The first-order valence-electron chi connectivity index (χ1n) is 4.62. The summed E-state index contributed by atoms with van der Waals surface area (Å²) in [5.41, 5.74) is 1.11. The van der Waals surface area contributed by atoms with Gasteiger partial charge < -0.3 is 4.90 Å². The summed E-state index contributed by atoms with van der Waals surface area (Å²) in [5, 5.41) is 0. The monoisotopic (exact) mass is 198 g/mol. The van der Waals surface area contributed by atoms with Gasteiger partial charge in [-0.05, 0) is 24.6 Å². The van der Waals surface area contributed by atoms with Crippen molar-refractivity contribution >= 4 is 5.82 Å². The quantitative estimate of drug-likeness (QED) is 0.723. The van der Waals surface area contributed by atoms with Crippen LogP contribution in [0, 0.1) is 12.8 Å². The second-order valence-electron chi connectivity index (χ2n) is 3.69. The largest absolute Gasteiger partial charge is 0.355 e. The number of anilines is 1. The van der Waals surface area contributed by atoms with Crippen molar-refractivity contribution in [2.75, 3.05) is 18.0 Å². The molecule has 14 heavy (non-hydrogen) atoms. The number of aryl methyl sites for hydroxylation is 1. The Morgan fingerprint density at radius 1 is 1.50 bits per heavy atom. The van der Waals surface area contributed by atoms with Crippen LogP contribution in [0.15, 0.2) is 18.3 Å². The summed E-state index contributed by atoms with van der Waals surface area (Å²) in [5.74, 6) is 0.333.